The summed E-state index contributed by atoms with van der Waals surface area (Å²) in [5.74, 6) is 0.583. The van der Waals surface area contributed by atoms with E-state index in [1.54, 1.807) is 9.13 Å². The van der Waals surface area contributed by atoms with E-state index in [1.807, 2.05) is 72.9 Å². The molecule has 3 heterocycles. The number of aromatic amines is 1. The van der Waals surface area contributed by atoms with Crippen molar-refractivity contribution in [3.05, 3.63) is 105 Å². The minimum Gasteiger partial charge on any atom is -0.290 e. The molecule has 0 aliphatic carbocycles. The molecule has 9 heteroatoms. The van der Waals surface area contributed by atoms with Crippen molar-refractivity contribution in [2.24, 2.45) is 0 Å². The molecule has 0 aliphatic heterocycles. The van der Waals surface area contributed by atoms with E-state index in [0.29, 0.717) is 24.1 Å². The van der Waals surface area contributed by atoms with E-state index < -0.39 is 0 Å². The fourth-order valence-corrected chi connectivity index (χ4v) is 4.83. The topological polar surface area (TPSA) is 94.3 Å². The molecule has 8 nitrogen and oxygen atoms in total. The smallest absolute Gasteiger partial charge is 0.290 e. The molecular weight excluding hydrogens is 486 g/mol. The van der Waals surface area contributed by atoms with Gasteiger partial charge in [-0.1, -0.05) is 92.0 Å². The van der Waals surface area contributed by atoms with Crippen LogP contribution in [-0.2, 0) is 19.5 Å². The van der Waals surface area contributed by atoms with E-state index in [0.717, 1.165) is 59.3 Å². The molecule has 0 aliphatic rings. The average Bonchev–Trinajstić information content (AvgIpc) is 3.55. The largest absolute Gasteiger partial charge is 0.330 e. The molecule has 0 bridgehead atoms. The van der Waals surface area contributed by atoms with Gasteiger partial charge in [0.05, 0.1) is 24.5 Å². The van der Waals surface area contributed by atoms with Crippen LogP contribution in [-0.4, -0.2) is 34.7 Å². The molecule has 0 spiro atoms. The number of unbranched alkanes of at least 4 members (excludes halogenated alkanes) is 2. The van der Waals surface area contributed by atoms with Gasteiger partial charge in [-0.15, -0.1) is 5.10 Å². The number of halogens is 1. The average molecular weight is 514 g/mol. The first-order valence-electron chi connectivity index (χ1n) is 12.5. The van der Waals surface area contributed by atoms with Gasteiger partial charge in [0, 0.05) is 17.3 Å². The summed E-state index contributed by atoms with van der Waals surface area (Å²) in [5, 5.41) is 14.7. The Morgan fingerprint density at radius 3 is 2.32 bits per heavy atom. The fourth-order valence-electron chi connectivity index (χ4n) is 4.51. The van der Waals surface area contributed by atoms with Crippen molar-refractivity contribution in [2.75, 3.05) is 0 Å². The third-order valence-corrected chi connectivity index (χ3v) is 6.85. The highest BCUT2D eigenvalue weighted by atomic mass is 35.5. The van der Waals surface area contributed by atoms with Crippen LogP contribution in [0.4, 0.5) is 0 Å². The first-order valence-corrected chi connectivity index (χ1v) is 12.8. The molecular formula is C28H28ClN7O. The Bertz CT molecular complexity index is 1510. The van der Waals surface area contributed by atoms with Crippen LogP contribution < -0.4 is 5.69 Å². The maximum atomic E-state index is 13.5. The number of tetrazole rings is 1. The quantitative estimate of drug-likeness (QED) is 0.253. The van der Waals surface area contributed by atoms with E-state index >= 15 is 0 Å². The van der Waals surface area contributed by atoms with Crippen molar-refractivity contribution in [3.63, 3.8) is 0 Å². The Balaban J connectivity index is 1.45. The molecule has 2 aromatic carbocycles. The van der Waals surface area contributed by atoms with Gasteiger partial charge in [-0.05, 0) is 40.5 Å². The molecule has 5 rings (SSSR count). The molecule has 0 unspecified atom stereocenters. The molecule has 1 N–H and O–H groups in total. The van der Waals surface area contributed by atoms with E-state index in [-0.39, 0.29) is 5.69 Å². The predicted octanol–water partition coefficient (Wildman–Crippen LogP) is 5.37. The number of imidazole rings is 1. The minimum absolute atomic E-state index is 0.104. The Morgan fingerprint density at radius 2 is 1.62 bits per heavy atom. The summed E-state index contributed by atoms with van der Waals surface area (Å²) in [6, 6.07) is 21.7. The second-order valence-electron chi connectivity index (χ2n) is 8.98. The fraction of sp³-hybridized carbons (Fsp3) is 0.250. The normalized spacial score (nSPS) is 11.2. The third-order valence-electron chi connectivity index (χ3n) is 6.43. The highest BCUT2D eigenvalue weighted by Gasteiger charge is 2.19. The Kier molecular flexibility index (Phi) is 7.56. The van der Waals surface area contributed by atoms with Crippen LogP contribution in [0.1, 0.15) is 43.0 Å². The Labute approximate surface area is 220 Å². The second-order valence-corrected chi connectivity index (χ2v) is 9.34. The van der Waals surface area contributed by atoms with Crippen LogP contribution in [0.3, 0.4) is 0 Å². The lowest BCUT2D eigenvalue weighted by Gasteiger charge is -2.10. The number of benzene rings is 2. The molecule has 0 saturated heterocycles. The number of H-pyrrole nitrogens is 1. The number of hydrogen-bond donors (Lipinski definition) is 1. The standard InChI is InChI=1S/C28H28ClN7O/c1-2-3-5-14-25-26(29)36(18-20-10-6-4-7-11-20)28(37)35(25)19-21-15-16-24(30-17-21)22-12-8-9-13-23(22)27-31-33-34-32-27/h4,6-13,15-17H,2-3,5,14,18-19H2,1H3,(H,31,32,33,34). The van der Waals surface area contributed by atoms with Gasteiger partial charge in [-0.3, -0.25) is 14.1 Å². The van der Waals surface area contributed by atoms with Crippen LogP contribution in [0.15, 0.2) is 77.7 Å². The van der Waals surface area contributed by atoms with Crippen molar-refractivity contribution in [1.29, 1.82) is 0 Å². The molecule has 37 heavy (non-hydrogen) atoms. The van der Waals surface area contributed by atoms with Crippen LogP contribution >= 0.6 is 11.6 Å². The highest BCUT2D eigenvalue weighted by Crippen LogP contribution is 2.28. The summed E-state index contributed by atoms with van der Waals surface area (Å²) in [4.78, 5) is 18.2. The lowest BCUT2D eigenvalue weighted by Crippen LogP contribution is -2.26. The summed E-state index contributed by atoms with van der Waals surface area (Å²) in [6.45, 7) is 3.01. The first kappa shape index (κ1) is 24.6. The zero-order valence-electron chi connectivity index (χ0n) is 20.6. The lowest BCUT2D eigenvalue weighted by molar-refractivity contribution is 0.642. The van der Waals surface area contributed by atoms with Gasteiger partial charge in [0.25, 0.3) is 0 Å². The zero-order valence-corrected chi connectivity index (χ0v) is 21.4. The van der Waals surface area contributed by atoms with Crippen molar-refractivity contribution in [2.45, 2.75) is 45.7 Å². The van der Waals surface area contributed by atoms with E-state index in [1.165, 1.54) is 0 Å². The number of pyridine rings is 1. The molecule has 0 radical (unpaired) electrons. The number of hydrogen-bond acceptors (Lipinski definition) is 5. The highest BCUT2D eigenvalue weighted by molar-refractivity contribution is 6.30. The van der Waals surface area contributed by atoms with Gasteiger partial charge in [-0.2, -0.15) is 0 Å². The van der Waals surface area contributed by atoms with Crippen LogP contribution in [0.25, 0.3) is 22.6 Å². The van der Waals surface area contributed by atoms with Gasteiger partial charge >= 0.3 is 5.69 Å². The Hall–Kier alpha value is -4.04. The summed E-state index contributed by atoms with van der Waals surface area (Å²) >= 11 is 6.81. The maximum Gasteiger partial charge on any atom is 0.330 e. The molecule has 5 aromatic rings. The number of nitrogens with zero attached hydrogens (tertiary/aromatic N) is 6. The van der Waals surface area contributed by atoms with Gasteiger partial charge < -0.3 is 0 Å². The van der Waals surface area contributed by atoms with E-state index in [9.17, 15) is 4.79 Å². The Morgan fingerprint density at radius 1 is 0.865 bits per heavy atom. The van der Waals surface area contributed by atoms with Crippen molar-refractivity contribution >= 4 is 11.6 Å². The first-order chi connectivity index (χ1) is 18.2. The summed E-state index contributed by atoms with van der Waals surface area (Å²) < 4.78 is 3.47. The van der Waals surface area contributed by atoms with E-state index in [4.69, 9.17) is 16.6 Å². The molecule has 3 aromatic heterocycles. The van der Waals surface area contributed by atoms with Gasteiger partial charge in [-0.25, -0.2) is 9.89 Å². The van der Waals surface area contributed by atoms with Gasteiger partial charge in [0.2, 0.25) is 0 Å². The SMILES string of the molecule is CCCCCc1c(Cl)n(Cc2ccccc2)c(=O)n1Cc1ccc(-c2ccccc2-c2nnn[nH]2)nc1. The van der Waals surface area contributed by atoms with Crippen molar-refractivity contribution < 1.29 is 0 Å². The maximum absolute atomic E-state index is 13.5. The third kappa shape index (κ3) is 5.39. The van der Waals surface area contributed by atoms with Gasteiger partial charge in [0.1, 0.15) is 5.15 Å². The predicted molar refractivity (Wildman–Crippen MR) is 144 cm³/mol. The van der Waals surface area contributed by atoms with Gasteiger partial charge in [0.15, 0.2) is 5.82 Å². The second kappa shape index (κ2) is 11.3. The van der Waals surface area contributed by atoms with Crippen LogP contribution in [0.5, 0.6) is 0 Å². The van der Waals surface area contributed by atoms with E-state index in [2.05, 4.69) is 27.5 Å². The number of aromatic nitrogens is 7. The zero-order chi connectivity index (χ0) is 25.6. The number of rotatable bonds is 10. The minimum atomic E-state index is -0.104. The van der Waals surface area contributed by atoms with Crippen molar-refractivity contribution in [1.82, 2.24) is 34.7 Å². The summed E-state index contributed by atoms with van der Waals surface area (Å²) in [6.07, 6.45) is 5.74. The molecule has 0 atom stereocenters. The number of nitrogens with one attached hydrogen (secondary N) is 1. The van der Waals surface area contributed by atoms with Crippen LogP contribution in [0, 0.1) is 0 Å². The van der Waals surface area contributed by atoms with Crippen LogP contribution in [0.2, 0.25) is 5.15 Å². The molecule has 188 valence electrons. The summed E-state index contributed by atoms with van der Waals surface area (Å²) in [5.41, 5.74) is 5.32. The lowest BCUT2D eigenvalue weighted by atomic mass is 10.0. The monoisotopic (exact) mass is 513 g/mol. The van der Waals surface area contributed by atoms with Crippen molar-refractivity contribution in [3.8, 4) is 22.6 Å². The summed E-state index contributed by atoms with van der Waals surface area (Å²) in [7, 11) is 0. The molecule has 0 amide bonds. The molecule has 0 fully saturated rings. The molecule has 0 saturated carbocycles.